The fourth-order valence-corrected chi connectivity index (χ4v) is 3.43. The monoisotopic (exact) mass is 361 g/mol. The van der Waals surface area contributed by atoms with Crippen LogP contribution in [0.25, 0.3) is 0 Å². The number of nitrogens with zero attached hydrogens (tertiary/aromatic N) is 1. The van der Waals surface area contributed by atoms with Gasteiger partial charge in [-0.25, -0.2) is 0 Å². The van der Waals surface area contributed by atoms with Crippen molar-refractivity contribution in [3.05, 3.63) is 49.3 Å². The summed E-state index contributed by atoms with van der Waals surface area (Å²) in [6.45, 7) is 0. The molecule has 2 aromatic heterocycles. The Bertz CT molecular complexity index is 486. The van der Waals surface area contributed by atoms with Gasteiger partial charge in [0, 0.05) is 22.0 Å². The van der Waals surface area contributed by atoms with Crippen LogP contribution in [0.4, 0.5) is 0 Å². The van der Waals surface area contributed by atoms with Crippen LogP contribution in [0.2, 0.25) is 0 Å². The first-order valence-corrected chi connectivity index (χ1v) is 7.10. The molecule has 1 atom stereocenters. The third-order valence-corrected chi connectivity index (χ3v) is 4.44. The van der Waals surface area contributed by atoms with E-state index in [9.17, 15) is 5.11 Å². The lowest BCUT2D eigenvalue weighted by molar-refractivity contribution is 0.173. The van der Waals surface area contributed by atoms with Gasteiger partial charge in [-0.3, -0.25) is 4.98 Å². The highest BCUT2D eigenvalue weighted by atomic mass is 79.9. The van der Waals surface area contributed by atoms with E-state index in [2.05, 4.69) is 36.8 Å². The Balaban J connectivity index is 2.14. The van der Waals surface area contributed by atoms with E-state index in [0.717, 1.165) is 13.1 Å². The fraction of sp³-hybridized carbons (Fsp3) is 0.182. The molecule has 2 aromatic rings. The summed E-state index contributed by atoms with van der Waals surface area (Å²) in [5, 5.41) is 10.1. The minimum Gasteiger partial charge on any atom is -0.386 e. The molecule has 5 heteroatoms. The molecule has 16 heavy (non-hydrogen) atoms. The highest BCUT2D eigenvalue weighted by Gasteiger charge is 2.14. The molecule has 0 aliphatic rings. The molecule has 0 aliphatic heterocycles. The van der Waals surface area contributed by atoms with Gasteiger partial charge in [0.25, 0.3) is 0 Å². The highest BCUT2D eigenvalue weighted by Crippen LogP contribution is 2.28. The SMILES string of the molecule is OC(Cc1ccc(Br)s1)c1ncccc1Br. The first-order valence-electron chi connectivity index (χ1n) is 4.69. The Morgan fingerprint density at radius 3 is 2.75 bits per heavy atom. The maximum Gasteiger partial charge on any atom is 0.102 e. The van der Waals surface area contributed by atoms with E-state index in [0.29, 0.717) is 12.1 Å². The Kier molecular flexibility index (Phi) is 4.13. The van der Waals surface area contributed by atoms with Crippen LogP contribution in [0, 0.1) is 0 Å². The molecule has 2 nitrogen and oxygen atoms in total. The Hall–Kier alpha value is -0.230. The molecule has 1 N–H and O–H groups in total. The predicted molar refractivity (Wildman–Crippen MR) is 72.6 cm³/mol. The van der Waals surface area contributed by atoms with Crippen LogP contribution < -0.4 is 0 Å². The van der Waals surface area contributed by atoms with E-state index in [1.165, 1.54) is 0 Å². The third kappa shape index (κ3) is 2.91. The normalized spacial score (nSPS) is 12.7. The summed E-state index contributed by atoms with van der Waals surface area (Å²) in [7, 11) is 0. The van der Waals surface area contributed by atoms with Crippen molar-refractivity contribution in [2.24, 2.45) is 0 Å². The third-order valence-electron chi connectivity index (χ3n) is 2.13. The van der Waals surface area contributed by atoms with E-state index in [4.69, 9.17) is 0 Å². The minimum atomic E-state index is -0.568. The predicted octanol–water partition coefficient (Wildman–Crippen LogP) is 3.94. The van der Waals surface area contributed by atoms with Crippen molar-refractivity contribution < 1.29 is 5.11 Å². The minimum absolute atomic E-state index is 0.568. The molecule has 2 heterocycles. The molecule has 0 fully saturated rings. The van der Waals surface area contributed by atoms with Gasteiger partial charge in [-0.1, -0.05) is 0 Å². The van der Waals surface area contributed by atoms with Gasteiger partial charge in [-0.05, 0) is 56.1 Å². The van der Waals surface area contributed by atoms with E-state index in [-0.39, 0.29) is 0 Å². The number of hydrogen-bond acceptors (Lipinski definition) is 3. The van der Waals surface area contributed by atoms with Gasteiger partial charge in [0.15, 0.2) is 0 Å². The summed E-state index contributed by atoms with van der Waals surface area (Å²) in [6.07, 6.45) is 1.71. The Labute approximate surface area is 115 Å². The van der Waals surface area contributed by atoms with Crippen LogP contribution in [0.5, 0.6) is 0 Å². The summed E-state index contributed by atoms with van der Waals surface area (Å²) >= 11 is 8.42. The number of pyridine rings is 1. The zero-order valence-electron chi connectivity index (χ0n) is 8.23. The second-order valence-electron chi connectivity index (χ2n) is 3.30. The molecule has 84 valence electrons. The lowest BCUT2D eigenvalue weighted by Gasteiger charge is -2.10. The van der Waals surface area contributed by atoms with E-state index < -0.39 is 6.10 Å². The van der Waals surface area contributed by atoms with Crippen molar-refractivity contribution in [2.45, 2.75) is 12.5 Å². The lowest BCUT2D eigenvalue weighted by Crippen LogP contribution is -2.03. The summed E-state index contributed by atoms with van der Waals surface area (Å²) in [5.74, 6) is 0. The molecule has 0 bridgehead atoms. The zero-order chi connectivity index (χ0) is 11.5. The first-order chi connectivity index (χ1) is 7.66. The lowest BCUT2D eigenvalue weighted by atomic mass is 10.1. The molecule has 1 unspecified atom stereocenters. The molecule has 0 spiro atoms. The number of aliphatic hydroxyl groups excluding tert-OH is 1. The summed E-state index contributed by atoms with van der Waals surface area (Å²) in [4.78, 5) is 5.31. The average molecular weight is 363 g/mol. The van der Waals surface area contributed by atoms with Crippen molar-refractivity contribution in [2.75, 3.05) is 0 Å². The first kappa shape index (κ1) is 12.2. The van der Waals surface area contributed by atoms with Crippen LogP contribution in [0.1, 0.15) is 16.7 Å². The number of aromatic nitrogens is 1. The number of thiophene rings is 1. The molecular weight excluding hydrogens is 354 g/mol. The average Bonchev–Trinajstić information content (AvgIpc) is 2.64. The van der Waals surface area contributed by atoms with Crippen molar-refractivity contribution in [1.82, 2.24) is 4.98 Å². The van der Waals surface area contributed by atoms with Gasteiger partial charge in [0.05, 0.1) is 9.48 Å². The van der Waals surface area contributed by atoms with Gasteiger partial charge in [-0.15, -0.1) is 11.3 Å². The van der Waals surface area contributed by atoms with Gasteiger partial charge in [0.2, 0.25) is 0 Å². The van der Waals surface area contributed by atoms with Crippen molar-refractivity contribution in [3.8, 4) is 0 Å². The molecular formula is C11H9Br2NOS. The topological polar surface area (TPSA) is 33.1 Å². The quantitative estimate of drug-likeness (QED) is 0.896. The van der Waals surface area contributed by atoms with Crippen LogP contribution in [0.3, 0.4) is 0 Å². The molecule has 0 aromatic carbocycles. The summed E-state index contributed by atoms with van der Waals surface area (Å²) in [6, 6.07) is 7.72. The maximum absolute atomic E-state index is 10.1. The number of rotatable bonds is 3. The number of hydrogen-bond donors (Lipinski definition) is 1. The van der Waals surface area contributed by atoms with Gasteiger partial charge in [-0.2, -0.15) is 0 Å². The highest BCUT2D eigenvalue weighted by molar-refractivity contribution is 9.11. The van der Waals surface area contributed by atoms with Crippen LogP contribution in [0.15, 0.2) is 38.7 Å². The second-order valence-corrected chi connectivity index (χ2v) is 6.70. The standard InChI is InChI=1S/C11H9Br2NOS/c12-8-2-1-5-14-11(8)9(15)6-7-3-4-10(13)16-7/h1-5,9,15H,6H2. The number of halogens is 2. The summed E-state index contributed by atoms with van der Waals surface area (Å²) in [5.41, 5.74) is 0.687. The molecule has 0 saturated heterocycles. The molecule has 0 saturated carbocycles. The molecule has 2 rings (SSSR count). The molecule has 0 amide bonds. The van der Waals surface area contributed by atoms with Gasteiger partial charge >= 0.3 is 0 Å². The van der Waals surface area contributed by atoms with Crippen LogP contribution in [-0.4, -0.2) is 10.1 Å². The van der Waals surface area contributed by atoms with Gasteiger partial charge < -0.3 is 5.11 Å². The largest absolute Gasteiger partial charge is 0.386 e. The van der Waals surface area contributed by atoms with Crippen molar-refractivity contribution >= 4 is 43.2 Å². The van der Waals surface area contributed by atoms with Gasteiger partial charge in [0.1, 0.15) is 6.10 Å². The van der Waals surface area contributed by atoms with Crippen LogP contribution >= 0.6 is 43.2 Å². The van der Waals surface area contributed by atoms with E-state index in [1.807, 2.05) is 24.3 Å². The maximum atomic E-state index is 10.1. The Morgan fingerprint density at radius 2 is 2.12 bits per heavy atom. The molecule has 0 radical (unpaired) electrons. The fourth-order valence-electron chi connectivity index (χ4n) is 1.39. The zero-order valence-corrected chi connectivity index (χ0v) is 12.2. The van der Waals surface area contributed by atoms with Crippen molar-refractivity contribution in [3.63, 3.8) is 0 Å². The Morgan fingerprint density at radius 1 is 1.31 bits per heavy atom. The van der Waals surface area contributed by atoms with Crippen molar-refractivity contribution in [1.29, 1.82) is 0 Å². The van der Waals surface area contributed by atoms with E-state index >= 15 is 0 Å². The second kappa shape index (κ2) is 5.40. The smallest absolute Gasteiger partial charge is 0.102 e. The number of aliphatic hydroxyl groups is 1. The molecule has 0 aliphatic carbocycles. The van der Waals surface area contributed by atoms with Crippen LogP contribution in [-0.2, 0) is 6.42 Å². The van der Waals surface area contributed by atoms with E-state index in [1.54, 1.807) is 17.5 Å². The summed E-state index contributed by atoms with van der Waals surface area (Å²) < 4.78 is 1.92.